The van der Waals surface area contributed by atoms with Crippen molar-refractivity contribution in [2.45, 2.75) is 77.7 Å². The van der Waals surface area contributed by atoms with Gasteiger partial charge >= 0.3 is 11.9 Å². The van der Waals surface area contributed by atoms with E-state index in [1.54, 1.807) is 32.1 Å². The van der Waals surface area contributed by atoms with Crippen LogP contribution in [0.2, 0.25) is 0 Å². The molecule has 0 spiro atoms. The molecular weight excluding hydrogens is 552 g/mol. The third kappa shape index (κ3) is 10.2. The number of aliphatic carboxylic acids is 1. The van der Waals surface area contributed by atoms with E-state index < -0.39 is 41.8 Å². The van der Waals surface area contributed by atoms with Crippen molar-refractivity contribution in [2.75, 3.05) is 6.54 Å². The number of ether oxygens (including phenoxy) is 2. The molecule has 2 aromatic rings. The largest absolute Gasteiger partial charge is 0.508 e. The number of carboxylic acid groups (broad SMARTS) is 1. The zero-order valence-corrected chi connectivity index (χ0v) is 25.1. The summed E-state index contributed by atoms with van der Waals surface area (Å²) in [5, 5.41) is 24.4. The number of rotatable bonds is 16. The average molecular weight is 595 g/mol. The van der Waals surface area contributed by atoms with Crippen LogP contribution in [0.4, 0.5) is 0 Å². The molecule has 1 saturated heterocycles. The fourth-order valence-corrected chi connectivity index (χ4v) is 4.72. The average Bonchev–Trinajstić information content (AvgIpc) is 3.79. The third-order valence-corrected chi connectivity index (χ3v) is 7.50. The first-order valence-corrected chi connectivity index (χ1v) is 14.7. The van der Waals surface area contributed by atoms with Gasteiger partial charge in [0.15, 0.2) is 6.10 Å². The van der Waals surface area contributed by atoms with Crippen LogP contribution in [0.1, 0.15) is 62.8 Å². The summed E-state index contributed by atoms with van der Waals surface area (Å²) < 4.78 is 10.9. The van der Waals surface area contributed by atoms with Gasteiger partial charge in [-0.3, -0.25) is 14.4 Å². The molecule has 43 heavy (non-hydrogen) atoms. The number of carboxylic acids is 1. The molecule has 0 saturated carbocycles. The van der Waals surface area contributed by atoms with E-state index in [1.165, 1.54) is 24.6 Å². The first-order chi connectivity index (χ1) is 20.5. The lowest BCUT2D eigenvalue weighted by Gasteiger charge is -2.20. The van der Waals surface area contributed by atoms with Gasteiger partial charge in [-0.25, -0.2) is 4.79 Å². The second-order valence-corrected chi connectivity index (χ2v) is 11.1. The maximum absolute atomic E-state index is 13.1. The van der Waals surface area contributed by atoms with E-state index in [9.17, 15) is 24.3 Å². The van der Waals surface area contributed by atoms with Crippen LogP contribution in [0.3, 0.4) is 0 Å². The van der Waals surface area contributed by atoms with Crippen molar-refractivity contribution in [3.63, 3.8) is 0 Å². The van der Waals surface area contributed by atoms with E-state index >= 15 is 0 Å². The Kier molecular flexibility index (Phi) is 12.3. The standard InChI is InChI=1S/C33H42N2O8/c1-5-27(32(39)40)42-33(41)22(4)19-34-31(38)25(18-23-15-16-26(36)21(3)17-23)35-28(37)14-10-9-11-20(2)29-30(43-29)24-12-7-6-8-13-24/h6-8,10,12-17,20,22,25,27,29-30,36H,5,9,11,18-19H2,1-4H3,(H,34,38)(H,35,37)(H,39,40)/b14-10+/t20?,22?,25-,27+,29-,30?/m1/s1. The lowest BCUT2D eigenvalue weighted by molar-refractivity contribution is -0.166. The minimum atomic E-state index is -1.26. The number of aryl methyl sites for hydroxylation is 1. The highest BCUT2D eigenvalue weighted by atomic mass is 16.6. The summed E-state index contributed by atoms with van der Waals surface area (Å²) in [6.45, 7) is 6.87. The molecule has 232 valence electrons. The quantitative estimate of drug-likeness (QED) is 0.129. The van der Waals surface area contributed by atoms with Gasteiger partial charge in [-0.2, -0.15) is 0 Å². The Morgan fingerprint density at radius 3 is 2.47 bits per heavy atom. The molecule has 0 aliphatic carbocycles. The van der Waals surface area contributed by atoms with E-state index in [4.69, 9.17) is 14.6 Å². The minimum absolute atomic E-state index is 0.102. The Bertz CT molecular complexity index is 1300. The van der Waals surface area contributed by atoms with Gasteiger partial charge in [-0.05, 0) is 60.9 Å². The molecule has 1 heterocycles. The van der Waals surface area contributed by atoms with Gasteiger partial charge < -0.3 is 30.3 Å². The van der Waals surface area contributed by atoms with Gasteiger partial charge in [-0.1, -0.05) is 69.3 Å². The smallest absolute Gasteiger partial charge is 0.345 e. The molecule has 0 aromatic heterocycles. The number of hydrogen-bond acceptors (Lipinski definition) is 7. The summed E-state index contributed by atoms with van der Waals surface area (Å²) in [4.78, 5) is 49.4. The molecular formula is C33H42N2O8. The number of epoxide rings is 1. The Morgan fingerprint density at radius 1 is 1.09 bits per heavy atom. The summed E-state index contributed by atoms with van der Waals surface area (Å²) in [5.41, 5.74) is 2.52. The van der Waals surface area contributed by atoms with Crippen LogP contribution in [-0.4, -0.2) is 58.8 Å². The minimum Gasteiger partial charge on any atom is -0.508 e. The van der Waals surface area contributed by atoms with E-state index in [1.807, 2.05) is 18.2 Å². The molecule has 0 radical (unpaired) electrons. The maximum Gasteiger partial charge on any atom is 0.345 e. The zero-order valence-electron chi connectivity index (χ0n) is 25.1. The Hall–Kier alpha value is -4.18. The van der Waals surface area contributed by atoms with E-state index in [0.717, 1.165) is 12.0 Å². The number of carbonyl (C=O) groups excluding carboxylic acids is 3. The number of allylic oxidation sites excluding steroid dienone is 1. The van der Waals surface area contributed by atoms with E-state index in [0.29, 0.717) is 17.9 Å². The number of carbonyl (C=O) groups is 4. The normalized spacial score (nSPS) is 18.7. The predicted molar refractivity (Wildman–Crippen MR) is 160 cm³/mol. The molecule has 6 atom stereocenters. The van der Waals surface area contributed by atoms with Gasteiger partial charge in [0.05, 0.1) is 12.0 Å². The molecule has 1 aliphatic rings. The Morgan fingerprint density at radius 2 is 1.81 bits per heavy atom. The molecule has 1 aliphatic heterocycles. The first-order valence-electron chi connectivity index (χ1n) is 14.7. The predicted octanol–water partition coefficient (Wildman–Crippen LogP) is 4.00. The zero-order chi connectivity index (χ0) is 31.5. The third-order valence-electron chi connectivity index (χ3n) is 7.50. The number of benzene rings is 2. The molecule has 3 unspecified atom stereocenters. The lowest BCUT2D eigenvalue weighted by atomic mass is 9.97. The first kappa shape index (κ1) is 33.3. The molecule has 1 fully saturated rings. The molecule has 10 nitrogen and oxygen atoms in total. The number of amides is 2. The van der Waals surface area contributed by atoms with Gasteiger partial charge in [-0.15, -0.1) is 0 Å². The molecule has 3 rings (SSSR count). The maximum atomic E-state index is 13.1. The highest BCUT2D eigenvalue weighted by Crippen LogP contribution is 2.44. The van der Waals surface area contributed by atoms with Gasteiger partial charge in [0, 0.05) is 13.0 Å². The van der Waals surface area contributed by atoms with E-state index in [-0.39, 0.29) is 37.3 Å². The summed E-state index contributed by atoms with van der Waals surface area (Å²) in [5.74, 6) is -3.30. The Labute approximate surface area is 252 Å². The lowest BCUT2D eigenvalue weighted by Crippen LogP contribution is -2.49. The van der Waals surface area contributed by atoms with Crippen LogP contribution in [0.15, 0.2) is 60.7 Å². The second kappa shape index (κ2) is 15.9. The van der Waals surface area contributed by atoms with Crippen molar-refractivity contribution in [1.29, 1.82) is 0 Å². The van der Waals surface area contributed by atoms with Crippen molar-refractivity contribution < 1.29 is 38.9 Å². The van der Waals surface area contributed by atoms with Crippen LogP contribution >= 0.6 is 0 Å². The summed E-state index contributed by atoms with van der Waals surface area (Å²) in [6, 6.07) is 14.1. The van der Waals surface area contributed by atoms with Crippen molar-refractivity contribution >= 4 is 23.8 Å². The van der Waals surface area contributed by atoms with Crippen molar-refractivity contribution in [3.8, 4) is 5.75 Å². The van der Waals surface area contributed by atoms with Crippen molar-refractivity contribution in [1.82, 2.24) is 10.6 Å². The number of aromatic hydroxyl groups is 1. The monoisotopic (exact) mass is 594 g/mol. The molecule has 0 bridgehead atoms. The molecule has 2 aromatic carbocycles. The van der Waals surface area contributed by atoms with Crippen molar-refractivity contribution in [3.05, 3.63) is 77.4 Å². The van der Waals surface area contributed by atoms with Gasteiger partial charge in [0.1, 0.15) is 17.9 Å². The fourth-order valence-electron chi connectivity index (χ4n) is 4.72. The molecule has 4 N–H and O–H groups in total. The summed E-state index contributed by atoms with van der Waals surface area (Å²) in [6.07, 6.45) is 3.97. The number of nitrogens with one attached hydrogen (secondary N) is 2. The molecule has 2 amide bonds. The topological polar surface area (TPSA) is 155 Å². The second-order valence-electron chi connectivity index (χ2n) is 11.1. The number of phenols is 1. The molecule has 10 heteroatoms. The SMILES string of the molecule is CC[C@H](OC(=O)C(C)CNC(=O)[C@@H](Cc1ccc(O)c(C)c1)NC(=O)/C=C/CCC(C)[C@H]1OC1c1ccccc1)C(=O)O. The van der Waals surface area contributed by atoms with Crippen molar-refractivity contribution in [2.24, 2.45) is 11.8 Å². The van der Waals surface area contributed by atoms with Gasteiger partial charge in [0.25, 0.3) is 0 Å². The highest BCUT2D eigenvalue weighted by molar-refractivity contribution is 5.93. The number of phenolic OH excluding ortho intramolecular Hbond substituents is 1. The summed E-state index contributed by atoms with van der Waals surface area (Å²) in [7, 11) is 0. The van der Waals surface area contributed by atoms with Crippen LogP contribution in [-0.2, 0) is 35.1 Å². The number of esters is 1. The Balaban J connectivity index is 1.54. The van der Waals surface area contributed by atoms with E-state index in [2.05, 4.69) is 29.7 Å². The highest BCUT2D eigenvalue weighted by Gasteiger charge is 2.43. The summed E-state index contributed by atoms with van der Waals surface area (Å²) >= 11 is 0. The van der Waals surface area contributed by atoms with Crippen LogP contribution < -0.4 is 10.6 Å². The van der Waals surface area contributed by atoms with Crippen LogP contribution in [0, 0.1) is 18.8 Å². The fraction of sp³-hybridized carbons (Fsp3) is 0.455. The van der Waals surface area contributed by atoms with Crippen LogP contribution in [0.25, 0.3) is 0 Å². The van der Waals surface area contributed by atoms with Gasteiger partial charge in [0.2, 0.25) is 11.8 Å². The number of hydrogen-bond donors (Lipinski definition) is 4. The van der Waals surface area contributed by atoms with Crippen LogP contribution in [0.5, 0.6) is 5.75 Å².